The third kappa shape index (κ3) is 3.35. The number of nitro groups is 1. The zero-order chi connectivity index (χ0) is 15.4. The van der Waals surface area contributed by atoms with Crippen LogP contribution in [0.3, 0.4) is 0 Å². The molecule has 1 aromatic heterocycles. The molecule has 0 radical (unpaired) electrons. The zero-order valence-electron chi connectivity index (χ0n) is 11.4. The number of benzene rings is 1. The number of primary amides is 1. The van der Waals surface area contributed by atoms with Crippen LogP contribution in [0, 0.1) is 10.1 Å². The van der Waals surface area contributed by atoms with Crippen LogP contribution in [0.1, 0.15) is 16.2 Å². The van der Waals surface area contributed by atoms with Gasteiger partial charge >= 0.3 is 0 Å². The van der Waals surface area contributed by atoms with Crippen LogP contribution in [0.15, 0.2) is 30.6 Å². The van der Waals surface area contributed by atoms with Crippen molar-refractivity contribution in [3.8, 4) is 0 Å². The molecule has 2 rings (SSSR count). The number of nitrogens with two attached hydrogens (primary N) is 1. The molecular weight excluding hydrogens is 274 g/mol. The molecule has 21 heavy (non-hydrogen) atoms. The highest BCUT2D eigenvalue weighted by molar-refractivity contribution is 5.94. The average molecular weight is 289 g/mol. The first-order valence-corrected chi connectivity index (χ1v) is 6.27. The van der Waals surface area contributed by atoms with Crippen molar-refractivity contribution in [3.05, 3.63) is 52.1 Å². The summed E-state index contributed by atoms with van der Waals surface area (Å²) in [5.74, 6) is 0.177. The summed E-state index contributed by atoms with van der Waals surface area (Å²) in [6.45, 7) is 0.488. The van der Waals surface area contributed by atoms with Crippen molar-refractivity contribution < 1.29 is 9.72 Å². The number of hydrogen-bond donors (Lipinski definition) is 2. The predicted octanol–water partition coefficient (Wildman–Crippen LogP) is 1.08. The van der Waals surface area contributed by atoms with Gasteiger partial charge in [0.25, 0.3) is 5.69 Å². The maximum absolute atomic E-state index is 11.1. The maximum Gasteiger partial charge on any atom is 0.293 e. The maximum atomic E-state index is 11.1. The molecule has 3 N–H and O–H groups in total. The molecular formula is C13H15N5O3. The Balaban J connectivity index is 2.10. The minimum Gasteiger partial charge on any atom is -0.379 e. The Kier molecular flexibility index (Phi) is 4.17. The molecule has 8 nitrogen and oxygen atoms in total. The van der Waals surface area contributed by atoms with Gasteiger partial charge in [-0.05, 0) is 12.1 Å². The summed E-state index contributed by atoms with van der Waals surface area (Å²) in [5, 5.41) is 14.0. The van der Waals surface area contributed by atoms with Gasteiger partial charge in [-0.15, -0.1) is 0 Å². The fourth-order valence-corrected chi connectivity index (χ4v) is 1.93. The minimum atomic E-state index is -0.697. The number of hydrogen-bond acceptors (Lipinski definition) is 5. The Labute approximate surface area is 120 Å². The number of anilines is 1. The number of amides is 1. The van der Waals surface area contributed by atoms with Crippen molar-refractivity contribution in [2.45, 2.75) is 6.42 Å². The number of rotatable bonds is 6. The number of carbonyl (C=O) groups is 1. The lowest BCUT2D eigenvalue weighted by Gasteiger charge is -2.08. The molecule has 110 valence electrons. The molecule has 0 fully saturated rings. The molecule has 8 heteroatoms. The molecule has 0 saturated carbocycles. The number of imidazole rings is 1. The van der Waals surface area contributed by atoms with E-state index in [1.807, 2.05) is 17.8 Å². The minimum absolute atomic E-state index is 0.108. The first-order valence-electron chi connectivity index (χ1n) is 6.27. The summed E-state index contributed by atoms with van der Waals surface area (Å²) in [5.41, 5.74) is 5.40. The van der Waals surface area contributed by atoms with Gasteiger partial charge in [-0.25, -0.2) is 4.98 Å². The zero-order valence-corrected chi connectivity index (χ0v) is 11.4. The van der Waals surface area contributed by atoms with Crippen molar-refractivity contribution in [1.82, 2.24) is 9.55 Å². The summed E-state index contributed by atoms with van der Waals surface area (Å²) in [4.78, 5) is 25.7. The molecule has 1 amide bonds. The fourth-order valence-electron chi connectivity index (χ4n) is 1.93. The Morgan fingerprint density at radius 1 is 1.52 bits per heavy atom. The first-order chi connectivity index (χ1) is 9.99. The second-order valence-electron chi connectivity index (χ2n) is 4.48. The van der Waals surface area contributed by atoms with Gasteiger partial charge in [0.05, 0.1) is 4.92 Å². The van der Waals surface area contributed by atoms with Crippen molar-refractivity contribution in [2.24, 2.45) is 12.8 Å². The molecule has 2 aromatic rings. The predicted molar refractivity (Wildman–Crippen MR) is 77.0 cm³/mol. The Morgan fingerprint density at radius 3 is 2.86 bits per heavy atom. The van der Waals surface area contributed by atoms with Gasteiger partial charge in [0, 0.05) is 44.0 Å². The molecule has 0 spiro atoms. The van der Waals surface area contributed by atoms with Crippen LogP contribution in [0.5, 0.6) is 0 Å². The smallest absolute Gasteiger partial charge is 0.293 e. The van der Waals surface area contributed by atoms with E-state index in [1.54, 1.807) is 6.20 Å². The lowest BCUT2D eigenvalue weighted by Crippen LogP contribution is -2.13. The van der Waals surface area contributed by atoms with E-state index in [-0.39, 0.29) is 11.3 Å². The highest BCUT2D eigenvalue weighted by atomic mass is 16.6. The van der Waals surface area contributed by atoms with E-state index in [0.717, 1.165) is 5.82 Å². The molecule has 0 atom stereocenters. The highest BCUT2D eigenvalue weighted by Crippen LogP contribution is 2.25. The van der Waals surface area contributed by atoms with Crippen LogP contribution in [0.2, 0.25) is 0 Å². The number of aromatic nitrogens is 2. The van der Waals surface area contributed by atoms with E-state index < -0.39 is 10.8 Å². The van der Waals surface area contributed by atoms with Crippen molar-refractivity contribution in [3.63, 3.8) is 0 Å². The van der Waals surface area contributed by atoms with Crippen LogP contribution in [-0.4, -0.2) is 26.9 Å². The highest BCUT2D eigenvalue weighted by Gasteiger charge is 2.16. The molecule has 1 heterocycles. The van der Waals surface area contributed by atoms with E-state index in [4.69, 9.17) is 5.73 Å². The summed E-state index contributed by atoms with van der Waals surface area (Å²) >= 11 is 0. The standard InChI is InChI=1S/C13H15N5O3/c1-17-7-6-16-12(17)4-5-15-10-3-2-9(13(14)19)8-11(10)18(20)21/h2-3,6-8,15H,4-5H2,1H3,(H2,14,19). The molecule has 0 bridgehead atoms. The Bertz CT molecular complexity index is 680. The van der Waals surface area contributed by atoms with Crippen molar-refractivity contribution in [2.75, 3.05) is 11.9 Å². The third-order valence-electron chi connectivity index (χ3n) is 3.06. The van der Waals surface area contributed by atoms with E-state index in [1.165, 1.54) is 18.2 Å². The van der Waals surface area contributed by atoms with E-state index in [9.17, 15) is 14.9 Å². The van der Waals surface area contributed by atoms with Gasteiger partial charge in [-0.3, -0.25) is 14.9 Å². The van der Waals surface area contributed by atoms with Gasteiger partial charge in [0.2, 0.25) is 5.91 Å². The number of nitrogens with zero attached hydrogens (tertiary/aromatic N) is 3. The normalized spacial score (nSPS) is 10.3. The lowest BCUT2D eigenvalue weighted by molar-refractivity contribution is -0.384. The second kappa shape index (κ2) is 6.04. The monoisotopic (exact) mass is 289 g/mol. The van der Waals surface area contributed by atoms with E-state index in [2.05, 4.69) is 10.3 Å². The Hall–Kier alpha value is -2.90. The Morgan fingerprint density at radius 2 is 2.29 bits per heavy atom. The van der Waals surface area contributed by atoms with Crippen LogP contribution in [-0.2, 0) is 13.5 Å². The van der Waals surface area contributed by atoms with Crippen molar-refractivity contribution in [1.29, 1.82) is 0 Å². The summed E-state index contributed by atoms with van der Waals surface area (Å²) in [6.07, 6.45) is 4.15. The van der Waals surface area contributed by atoms with Gasteiger partial charge in [-0.1, -0.05) is 0 Å². The lowest BCUT2D eigenvalue weighted by atomic mass is 10.1. The van der Waals surface area contributed by atoms with E-state index >= 15 is 0 Å². The number of nitro benzene ring substituents is 1. The topological polar surface area (TPSA) is 116 Å². The molecule has 0 aliphatic rings. The van der Waals surface area contributed by atoms with Gasteiger partial charge in [-0.2, -0.15) is 0 Å². The molecule has 0 saturated heterocycles. The van der Waals surface area contributed by atoms with Crippen LogP contribution in [0.4, 0.5) is 11.4 Å². The third-order valence-corrected chi connectivity index (χ3v) is 3.06. The molecule has 0 unspecified atom stereocenters. The summed E-state index contributed by atoms with van der Waals surface area (Å²) < 4.78 is 1.88. The van der Waals surface area contributed by atoms with Gasteiger partial charge in [0.15, 0.2) is 0 Å². The second-order valence-corrected chi connectivity index (χ2v) is 4.48. The molecule has 1 aromatic carbocycles. The number of carbonyl (C=O) groups excluding carboxylic acids is 1. The SMILES string of the molecule is Cn1ccnc1CCNc1ccc(C(N)=O)cc1[N+](=O)[O-]. The largest absolute Gasteiger partial charge is 0.379 e. The molecule has 0 aliphatic heterocycles. The summed E-state index contributed by atoms with van der Waals surface area (Å²) in [7, 11) is 1.88. The first kappa shape index (κ1) is 14.5. The number of aryl methyl sites for hydroxylation is 1. The van der Waals surface area contributed by atoms with Gasteiger partial charge < -0.3 is 15.6 Å². The van der Waals surface area contributed by atoms with Crippen LogP contribution in [0.25, 0.3) is 0 Å². The fraction of sp³-hybridized carbons (Fsp3) is 0.231. The van der Waals surface area contributed by atoms with Crippen LogP contribution >= 0.6 is 0 Å². The average Bonchev–Trinajstić information content (AvgIpc) is 2.84. The van der Waals surface area contributed by atoms with Crippen molar-refractivity contribution >= 4 is 17.3 Å². The van der Waals surface area contributed by atoms with Crippen LogP contribution < -0.4 is 11.1 Å². The molecule has 0 aliphatic carbocycles. The number of nitrogens with one attached hydrogen (secondary N) is 1. The van der Waals surface area contributed by atoms with E-state index in [0.29, 0.717) is 18.7 Å². The quantitative estimate of drug-likeness (QED) is 0.609. The summed E-state index contributed by atoms with van der Waals surface area (Å²) in [6, 6.07) is 4.11. The van der Waals surface area contributed by atoms with Gasteiger partial charge in [0.1, 0.15) is 11.5 Å².